The first-order chi connectivity index (χ1) is 23.0. The number of rotatable bonds is 14. The summed E-state index contributed by atoms with van der Waals surface area (Å²) in [5.74, 6) is -0.849. The third-order valence-electron chi connectivity index (χ3n) is 8.46. The van der Waals surface area contributed by atoms with Crippen molar-refractivity contribution in [3.05, 3.63) is 67.6 Å². The molecule has 2 aromatic carbocycles. The summed E-state index contributed by atoms with van der Waals surface area (Å²) in [6.45, 7) is 3.79. The molecular weight excluding hydrogens is 702 g/mol. The largest absolute Gasteiger partial charge is 0.411 e. The van der Waals surface area contributed by atoms with E-state index in [1.54, 1.807) is 42.3 Å². The minimum absolute atomic E-state index is 0.0237. The molecule has 2 saturated heterocycles. The van der Waals surface area contributed by atoms with Gasteiger partial charge in [0.15, 0.2) is 6.61 Å². The van der Waals surface area contributed by atoms with Crippen molar-refractivity contribution in [3.8, 4) is 0 Å². The molecule has 2 aliphatic rings. The van der Waals surface area contributed by atoms with E-state index < -0.39 is 0 Å². The lowest BCUT2D eigenvalue weighted by Crippen LogP contribution is -2.56. The molecule has 1 atom stereocenters. The molecule has 3 amide bonds. The van der Waals surface area contributed by atoms with Crippen LogP contribution in [0.15, 0.2) is 46.7 Å². The van der Waals surface area contributed by atoms with Crippen molar-refractivity contribution < 1.29 is 19.6 Å². The number of likely N-dealkylation sites (tertiary alicyclic amines) is 1. The van der Waals surface area contributed by atoms with E-state index in [1.807, 2.05) is 11.0 Å². The minimum atomic E-state index is -0.340. The summed E-state index contributed by atoms with van der Waals surface area (Å²) in [5.41, 5.74) is 7.22. The Kier molecular flexibility index (Phi) is 14.0. The van der Waals surface area contributed by atoms with Gasteiger partial charge in [0.05, 0.1) is 35.1 Å². The number of amides is 3. The van der Waals surface area contributed by atoms with Crippen LogP contribution in [0.1, 0.15) is 47.5 Å². The van der Waals surface area contributed by atoms with Gasteiger partial charge in [-0.05, 0) is 68.1 Å². The molecule has 16 heteroatoms. The Labute approximate surface area is 300 Å². The first-order valence-electron chi connectivity index (χ1n) is 15.6. The van der Waals surface area contributed by atoms with Crippen LogP contribution < -0.4 is 5.73 Å². The maximum Gasteiger partial charge on any atom is 0.320 e. The van der Waals surface area contributed by atoms with Gasteiger partial charge in [-0.15, -0.1) is 5.16 Å². The molecule has 2 fully saturated rings. The molecule has 48 heavy (non-hydrogen) atoms. The average Bonchev–Trinajstić information content (AvgIpc) is 3.05. The number of urea groups is 1. The predicted octanol–water partition coefficient (Wildman–Crippen LogP) is 5.91. The van der Waals surface area contributed by atoms with Crippen LogP contribution in [-0.2, 0) is 4.84 Å². The van der Waals surface area contributed by atoms with Gasteiger partial charge in [-0.3, -0.25) is 10.2 Å². The number of carbonyl (C=O) groups is 2. The number of oxime groups is 2. The molecule has 4 rings (SSSR count). The number of carbonyl (C=O) groups excluding carboxylic acids is 2. The van der Waals surface area contributed by atoms with Gasteiger partial charge in [-0.2, -0.15) is 0 Å². The van der Waals surface area contributed by atoms with Crippen molar-refractivity contribution >= 4 is 76.1 Å². The fraction of sp³-hybridized carbons (Fsp3) is 0.469. The minimum Gasteiger partial charge on any atom is -0.411 e. The van der Waals surface area contributed by atoms with Gasteiger partial charge in [0.1, 0.15) is 5.84 Å². The number of hydrogen-bond donors (Lipinski definition) is 3. The van der Waals surface area contributed by atoms with E-state index in [1.165, 1.54) is 11.1 Å². The van der Waals surface area contributed by atoms with E-state index in [-0.39, 0.29) is 49.4 Å². The summed E-state index contributed by atoms with van der Waals surface area (Å²) in [6, 6.07) is 10.1. The van der Waals surface area contributed by atoms with E-state index in [9.17, 15) is 9.59 Å². The van der Waals surface area contributed by atoms with E-state index in [0.29, 0.717) is 57.4 Å². The highest BCUT2D eigenvalue weighted by atomic mass is 35.5. The third kappa shape index (κ3) is 10.4. The highest BCUT2D eigenvalue weighted by Gasteiger charge is 2.33. The van der Waals surface area contributed by atoms with E-state index in [2.05, 4.69) is 15.2 Å². The average molecular weight is 743 g/mol. The molecule has 0 saturated carbocycles. The second-order valence-corrected chi connectivity index (χ2v) is 13.5. The lowest BCUT2D eigenvalue weighted by Gasteiger charge is -2.43. The summed E-state index contributed by atoms with van der Waals surface area (Å²) in [6.07, 6.45) is 4.45. The van der Waals surface area contributed by atoms with Gasteiger partial charge >= 0.3 is 6.03 Å². The van der Waals surface area contributed by atoms with Crippen molar-refractivity contribution in [3.63, 3.8) is 0 Å². The molecule has 0 radical (unpaired) electrons. The lowest BCUT2D eigenvalue weighted by atomic mass is 9.89. The van der Waals surface area contributed by atoms with Crippen molar-refractivity contribution in [1.29, 1.82) is 5.41 Å². The lowest BCUT2D eigenvalue weighted by molar-refractivity contribution is 0.0811. The van der Waals surface area contributed by atoms with Crippen LogP contribution in [0.5, 0.6) is 0 Å². The number of hydrogen-bond acceptors (Lipinski definition) is 8. The van der Waals surface area contributed by atoms with Gasteiger partial charge in [0.2, 0.25) is 0 Å². The molecule has 0 aliphatic carbocycles. The molecule has 2 aliphatic heterocycles. The maximum absolute atomic E-state index is 13.4. The number of benzene rings is 2. The molecular formula is C32H40Cl4N8O4. The Morgan fingerprint density at radius 2 is 1.81 bits per heavy atom. The van der Waals surface area contributed by atoms with Crippen LogP contribution in [-0.4, -0.2) is 120 Å². The van der Waals surface area contributed by atoms with Crippen LogP contribution in [0.2, 0.25) is 20.1 Å². The van der Waals surface area contributed by atoms with Crippen molar-refractivity contribution in [1.82, 2.24) is 19.6 Å². The summed E-state index contributed by atoms with van der Waals surface area (Å²) < 4.78 is 0. The number of piperidine rings is 1. The van der Waals surface area contributed by atoms with Crippen molar-refractivity contribution in [2.75, 3.05) is 59.5 Å². The second-order valence-electron chi connectivity index (χ2n) is 11.9. The number of nitrogens with zero attached hydrogens (tertiary/aromatic N) is 6. The van der Waals surface area contributed by atoms with Crippen molar-refractivity contribution in [2.24, 2.45) is 16.0 Å². The van der Waals surface area contributed by atoms with Gasteiger partial charge in [-0.1, -0.05) is 57.6 Å². The van der Waals surface area contributed by atoms with Gasteiger partial charge < -0.3 is 35.4 Å². The first-order valence-corrected chi connectivity index (χ1v) is 17.1. The quantitative estimate of drug-likeness (QED) is 0.0949. The number of nitrogens with two attached hydrogens (primary N) is 1. The summed E-state index contributed by atoms with van der Waals surface area (Å²) in [7, 11) is 1.65. The second kappa shape index (κ2) is 17.9. The fourth-order valence-electron chi connectivity index (χ4n) is 6.07. The fourth-order valence-corrected chi connectivity index (χ4v) is 6.90. The van der Waals surface area contributed by atoms with Crippen LogP contribution in [0, 0.1) is 5.41 Å². The van der Waals surface area contributed by atoms with Crippen LogP contribution in [0.25, 0.3) is 0 Å². The Morgan fingerprint density at radius 3 is 2.46 bits per heavy atom. The first kappa shape index (κ1) is 37.5. The molecule has 12 nitrogen and oxygen atoms in total. The zero-order chi connectivity index (χ0) is 34.8. The van der Waals surface area contributed by atoms with Gasteiger partial charge in [-0.25, -0.2) is 4.79 Å². The molecule has 0 spiro atoms. The molecule has 1 unspecified atom stereocenters. The smallest absolute Gasteiger partial charge is 0.320 e. The van der Waals surface area contributed by atoms with Crippen molar-refractivity contribution in [2.45, 2.75) is 37.6 Å². The zero-order valence-corrected chi connectivity index (χ0v) is 29.6. The standard InChI is InChI=1S/C32H40Cl4N8O4/c1-41(31(45)22-15-23(33)18-24(34)16-22)19-29(40-48-20-30(37)38)26(21-3-4-27(35)28(36)17-21)7-13-42-11-5-25(6-12-42)44-10-2-9-43(32(44)46)14-8-39-47/h3-4,8,15-18,25-26,47H,2,5-7,9-14,19-20H2,1H3,(H3,37,38)/b39-8+,40-29+. The third-order valence-corrected chi connectivity index (χ3v) is 9.64. The molecule has 260 valence electrons. The van der Waals surface area contributed by atoms with E-state index in [4.69, 9.17) is 67.6 Å². The molecule has 0 aromatic heterocycles. The Balaban J connectivity index is 1.51. The highest BCUT2D eigenvalue weighted by Crippen LogP contribution is 2.31. The van der Waals surface area contributed by atoms with Gasteiger partial charge in [0, 0.05) is 60.8 Å². The number of nitrogens with one attached hydrogen (secondary N) is 1. The zero-order valence-electron chi connectivity index (χ0n) is 26.6. The summed E-state index contributed by atoms with van der Waals surface area (Å²) in [5, 5.41) is 25.3. The van der Waals surface area contributed by atoms with Crippen LogP contribution in [0.4, 0.5) is 4.79 Å². The van der Waals surface area contributed by atoms with Gasteiger partial charge in [0.25, 0.3) is 5.91 Å². The topological polar surface area (TPSA) is 151 Å². The molecule has 2 heterocycles. The van der Waals surface area contributed by atoms with E-state index in [0.717, 1.165) is 37.9 Å². The van der Waals surface area contributed by atoms with Crippen LogP contribution >= 0.6 is 46.4 Å². The molecule has 0 bridgehead atoms. The predicted molar refractivity (Wildman–Crippen MR) is 191 cm³/mol. The molecule has 4 N–H and O–H groups in total. The SMILES string of the molecule is CN(C/C(=N\OCC(=N)N)C(CCN1CCC(N2CCCN(C/C=N/O)C2=O)CC1)c1ccc(Cl)c(Cl)c1)C(=O)c1cc(Cl)cc(Cl)c1. The Hall–Kier alpha value is -3.29. The summed E-state index contributed by atoms with van der Waals surface area (Å²) in [4.78, 5) is 39.5. The Morgan fingerprint density at radius 1 is 1.10 bits per heavy atom. The maximum atomic E-state index is 13.4. The Bertz CT molecular complexity index is 1500. The van der Waals surface area contributed by atoms with Crippen LogP contribution in [0.3, 0.4) is 0 Å². The van der Waals surface area contributed by atoms with E-state index >= 15 is 0 Å². The summed E-state index contributed by atoms with van der Waals surface area (Å²) >= 11 is 25.1. The number of halogens is 4. The normalized spacial score (nSPS) is 17.2. The highest BCUT2D eigenvalue weighted by molar-refractivity contribution is 6.42. The number of amidine groups is 1. The monoisotopic (exact) mass is 740 g/mol. The molecule has 2 aromatic rings.